The van der Waals surface area contributed by atoms with Gasteiger partial charge in [0.1, 0.15) is 0 Å². The molecule has 1 N–H and O–H groups in total. The van der Waals surface area contributed by atoms with E-state index in [1.165, 1.54) is 24.1 Å². The Morgan fingerprint density at radius 3 is 2.67 bits per heavy atom. The van der Waals surface area contributed by atoms with Gasteiger partial charge in [-0.2, -0.15) is 5.10 Å². The van der Waals surface area contributed by atoms with E-state index >= 15 is 0 Å². The molecule has 0 aliphatic heterocycles. The topological polar surface area (TPSA) is 29.9 Å². The Morgan fingerprint density at radius 1 is 1.40 bits per heavy atom. The predicted molar refractivity (Wildman–Crippen MR) is 64.0 cm³/mol. The Labute approximate surface area is 92.9 Å². The normalized spacial score (nSPS) is 11.3. The van der Waals surface area contributed by atoms with Gasteiger partial charge in [-0.25, -0.2) is 0 Å². The molecule has 86 valence electrons. The molecule has 0 spiro atoms. The molecule has 1 heterocycles. The summed E-state index contributed by atoms with van der Waals surface area (Å²) in [6.45, 7) is 7.63. The summed E-state index contributed by atoms with van der Waals surface area (Å²) < 4.78 is 1.95. The molecule has 3 heteroatoms. The zero-order valence-electron chi connectivity index (χ0n) is 10.4. The highest BCUT2D eigenvalue weighted by Gasteiger charge is 2.02. The minimum absolute atomic E-state index is 0.602. The van der Waals surface area contributed by atoms with E-state index in [2.05, 4.69) is 31.2 Å². The van der Waals surface area contributed by atoms with Crippen molar-refractivity contribution in [2.24, 2.45) is 7.05 Å². The highest BCUT2D eigenvalue weighted by atomic mass is 15.3. The lowest BCUT2D eigenvalue weighted by atomic mass is 10.1. The first-order chi connectivity index (χ1) is 7.11. The van der Waals surface area contributed by atoms with Crippen LogP contribution in [0.1, 0.15) is 37.9 Å². The van der Waals surface area contributed by atoms with E-state index in [1.807, 2.05) is 17.9 Å². The molecule has 1 aromatic rings. The number of hydrogen-bond donors (Lipinski definition) is 1. The third-order valence-corrected chi connectivity index (χ3v) is 2.76. The van der Waals surface area contributed by atoms with E-state index < -0.39 is 0 Å². The van der Waals surface area contributed by atoms with Gasteiger partial charge in [-0.3, -0.25) is 4.68 Å². The van der Waals surface area contributed by atoms with Crippen LogP contribution in [0, 0.1) is 6.92 Å². The molecule has 0 fully saturated rings. The van der Waals surface area contributed by atoms with Crippen molar-refractivity contribution in [3.8, 4) is 0 Å². The molecule has 0 atom stereocenters. The van der Waals surface area contributed by atoms with Crippen molar-refractivity contribution in [2.45, 2.75) is 46.1 Å². The van der Waals surface area contributed by atoms with Crippen molar-refractivity contribution in [3.63, 3.8) is 0 Å². The van der Waals surface area contributed by atoms with E-state index in [0.717, 1.165) is 13.0 Å². The summed E-state index contributed by atoms with van der Waals surface area (Å²) in [7, 11) is 2.00. The van der Waals surface area contributed by atoms with Gasteiger partial charge in [0.25, 0.3) is 0 Å². The fourth-order valence-electron chi connectivity index (χ4n) is 1.62. The zero-order chi connectivity index (χ0) is 11.3. The molecule has 0 unspecified atom stereocenters. The quantitative estimate of drug-likeness (QED) is 0.727. The lowest BCUT2D eigenvalue weighted by Gasteiger charge is -2.07. The molecular weight excluding hydrogens is 186 g/mol. The van der Waals surface area contributed by atoms with Gasteiger partial charge in [-0.15, -0.1) is 0 Å². The largest absolute Gasteiger partial charge is 0.315 e. The first kappa shape index (κ1) is 12.2. The van der Waals surface area contributed by atoms with E-state index in [-0.39, 0.29) is 0 Å². The fourth-order valence-corrected chi connectivity index (χ4v) is 1.62. The van der Waals surface area contributed by atoms with Crippen LogP contribution >= 0.6 is 0 Å². The van der Waals surface area contributed by atoms with Crippen LogP contribution in [0.15, 0.2) is 6.20 Å². The van der Waals surface area contributed by atoms with Crippen LogP contribution in [0.2, 0.25) is 0 Å². The zero-order valence-corrected chi connectivity index (χ0v) is 10.4. The van der Waals surface area contributed by atoms with E-state index in [4.69, 9.17) is 0 Å². The third kappa shape index (κ3) is 4.04. The molecule has 3 nitrogen and oxygen atoms in total. The second-order valence-electron chi connectivity index (χ2n) is 4.44. The molecule has 15 heavy (non-hydrogen) atoms. The van der Waals surface area contributed by atoms with Crippen molar-refractivity contribution in [2.75, 3.05) is 6.54 Å². The second kappa shape index (κ2) is 5.91. The molecule has 1 aromatic heterocycles. The highest BCUT2D eigenvalue weighted by molar-refractivity contribution is 5.15. The summed E-state index contributed by atoms with van der Waals surface area (Å²) in [4.78, 5) is 0. The maximum atomic E-state index is 4.24. The second-order valence-corrected chi connectivity index (χ2v) is 4.44. The lowest BCUT2D eigenvalue weighted by Crippen LogP contribution is -2.23. The molecule has 0 amide bonds. The van der Waals surface area contributed by atoms with Crippen molar-refractivity contribution < 1.29 is 0 Å². The molecule has 0 saturated heterocycles. The molecule has 0 saturated carbocycles. The summed E-state index contributed by atoms with van der Waals surface area (Å²) in [5.41, 5.74) is 2.69. The summed E-state index contributed by atoms with van der Waals surface area (Å²) in [5.74, 6) is 0. The Balaban J connectivity index is 2.18. The van der Waals surface area contributed by atoms with Crippen LogP contribution in [-0.4, -0.2) is 22.4 Å². The fraction of sp³-hybridized carbons (Fsp3) is 0.750. The summed E-state index contributed by atoms with van der Waals surface area (Å²) in [5, 5.41) is 7.68. The molecule has 1 rings (SSSR count). The van der Waals surface area contributed by atoms with Gasteiger partial charge in [0, 0.05) is 18.8 Å². The number of rotatable bonds is 6. The Hall–Kier alpha value is -0.830. The number of aromatic nitrogens is 2. The van der Waals surface area contributed by atoms with Gasteiger partial charge >= 0.3 is 0 Å². The summed E-state index contributed by atoms with van der Waals surface area (Å²) in [6.07, 6.45) is 5.63. The number of nitrogens with zero attached hydrogens (tertiary/aromatic N) is 2. The number of nitrogens with one attached hydrogen (secondary N) is 1. The van der Waals surface area contributed by atoms with Crippen LogP contribution in [-0.2, 0) is 13.5 Å². The minimum atomic E-state index is 0.602. The maximum Gasteiger partial charge on any atom is 0.0524 e. The molecule has 0 radical (unpaired) electrons. The minimum Gasteiger partial charge on any atom is -0.315 e. The molecule has 0 aromatic carbocycles. The van der Waals surface area contributed by atoms with Crippen LogP contribution in [0.3, 0.4) is 0 Å². The average Bonchev–Trinajstić information content (AvgIpc) is 2.48. The average molecular weight is 209 g/mol. The van der Waals surface area contributed by atoms with E-state index in [0.29, 0.717) is 6.04 Å². The SMILES string of the molecule is Cc1c(CCCCNC(C)C)cnn1C. The molecule has 0 aliphatic rings. The first-order valence-corrected chi connectivity index (χ1v) is 5.82. The summed E-state index contributed by atoms with van der Waals surface area (Å²) in [6, 6.07) is 0.602. The first-order valence-electron chi connectivity index (χ1n) is 5.82. The van der Waals surface area contributed by atoms with Crippen molar-refractivity contribution in [3.05, 3.63) is 17.5 Å². The number of unbranched alkanes of at least 4 members (excludes halogenated alkanes) is 1. The van der Waals surface area contributed by atoms with Gasteiger partial charge in [-0.05, 0) is 38.3 Å². The van der Waals surface area contributed by atoms with Crippen LogP contribution < -0.4 is 5.32 Å². The Morgan fingerprint density at radius 2 is 2.13 bits per heavy atom. The van der Waals surface area contributed by atoms with Gasteiger partial charge in [0.05, 0.1) is 6.20 Å². The standard InChI is InChI=1S/C12H23N3/c1-10(2)13-8-6-5-7-12-9-14-15(4)11(12)3/h9-10,13H,5-8H2,1-4H3. The van der Waals surface area contributed by atoms with Crippen LogP contribution in [0.25, 0.3) is 0 Å². The summed E-state index contributed by atoms with van der Waals surface area (Å²) >= 11 is 0. The lowest BCUT2D eigenvalue weighted by molar-refractivity contribution is 0.557. The molecular formula is C12H23N3. The van der Waals surface area contributed by atoms with Crippen molar-refractivity contribution in [1.29, 1.82) is 0 Å². The van der Waals surface area contributed by atoms with Crippen molar-refractivity contribution >= 4 is 0 Å². The molecule has 0 bridgehead atoms. The predicted octanol–water partition coefficient (Wildman–Crippen LogP) is 2.05. The van der Waals surface area contributed by atoms with Gasteiger partial charge in [0.2, 0.25) is 0 Å². The van der Waals surface area contributed by atoms with Gasteiger partial charge in [0.15, 0.2) is 0 Å². The van der Waals surface area contributed by atoms with Gasteiger partial charge in [-0.1, -0.05) is 13.8 Å². The highest BCUT2D eigenvalue weighted by Crippen LogP contribution is 2.09. The van der Waals surface area contributed by atoms with E-state index in [9.17, 15) is 0 Å². The van der Waals surface area contributed by atoms with Crippen LogP contribution in [0.5, 0.6) is 0 Å². The monoisotopic (exact) mass is 209 g/mol. The Kier molecular flexibility index (Phi) is 4.82. The van der Waals surface area contributed by atoms with E-state index in [1.54, 1.807) is 0 Å². The molecule has 0 aliphatic carbocycles. The number of aryl methyl sites for hydroxylation is 2. The van der Waals surface area contributed by atoms with Gasteiger partial charge < -0.3 is 5.32 Å². The third-order valence-electron chi connectivity index (χ3n) is 2.76. The number of hydrogen-bond acceptors (Lipinski definition) is 2. The maximum absolute atomic E-state index is 4.24. The smallest absolute Gasteiger partial charge is 0.0524 e. The van der Waals surface area contributed by atoms with Crippen molar-refractivity contribution in [1.82, 2.24) is 15.1 Å². The van der Waals surface area contributed by atoms with Crippen LogP contribution in [0.4, 0.5) is 0 Å². The Bertz CT molecular complexity index is 289.